The highest BCUT2D eigenvalue weighted by Gasteiger charge is 2.20. The number of nitrogens with zero attached hydrogens (tertiary/aromatic N) is 4. The second-order valence-corrected chi connectivity index (χ2v) is 8.00. The number of halogens is 1. The second kappa shape index (κ2) is 9.06. The van der Waals surface area contributed by atoms with Crippen molar-refractivity contribution in [2.75, 3.05) is 5.32 Å². The van der Waals surface area contributed by atoms with Gasteiger partial charge in [0.25, 0.3) is 11.5 Å². The average Bonchev–Trinajstić information content (AvgIpc) is 3.37. The van der Waals surface area contributed by atoms with E-state index >= 15 is 0 Å². The van der Waals surface area contributed by atoms with Gasteiger partial charge in [0.05, 0.1) is 17.1 Å². The number of para-hydroxylation sites is 1. The fraction of sp³-hybridized carbons (Fsp3) is 0.0833. The van der Waals surface area contributed by atoms with Gasteiger partial charge in [-0.2, -0.15) is 5.26 Å². The number of nitriles is 1. The molecule has 2 aromatic heterocycles. The third-order valence-corrected chi connectivity index (χ3v) is 5.97. The van der Waals surface area contributed by atoms with E-state index in [1.807, 2.05) is 24.3 Å². The largest absolute Gasteiger partial charge is 0.315 e. The van der Waals surface area contributed by atoms with Crippen LogP contribution >= 0.6 is 11.3 Å². The molecule has 0 spiro atoms. The van der Waals surface area contributed by atoms with Crippen LogP contribution < -0.4 is 10.9 Å². The monoisotopic (exact) mass is 459 g/mol. The zero-order valence-electron chi connectivity index (χ0n) is 17.7. The molecule has 2 heterocycles. The zero-order valence-corrected chi connectivity index (χ0v) is 18.6. The van der Waals surface area contributed by atoms with Crippen LogP contribution in [0.3, 0.4) is 0 Å². The summed E-state index contributed by atoms with van der Waals surface area (Å²) in [6.07, 6.45) is 1.35. The normalized spacial score (nSPS) is 11.3. The Morgan fingerprint density at radius 1 is 1.18 bits per heavy atom. The number of amides is 1. The third-order valence-electron chi connectivity index (χ3n) is 5.06. The summed E-state index contributed by atoms with van der Waals surface area (Å²) in [5.41, 5.74) is 1.84. The van der Waals surface area contributed by atoms with Gasteiger partial charge in [0.15, 0.2) is 0 Å². The van der Waals surface area contributed by atoms with E-state index < -0.39 is 11.5 Å². The molecule has 164 valence electrons. The molecular weight excluding hydrogens is 441 g/mol. The first kappa shape index (κ1) is 21.9. The number of aromatic nitrogens is 3. The van der Waals surface area contributed by atoms with E-state index in [1.165, 1.54) is 34.2 Å². The number of hydrogen-bond donors (Lipinski definition) is 1. The van der Waals surface area contributed by atoms with Gasteiger partial charge in [-0.25, -0.2) is 14.1 Å². The molecule has 33 heavy (non-hydrogen) atoms. The van der Waals surface area contributed by atoms with Gasteiger partial charge in [0.1, 0.15) is 28.2 Å². The fourth-order valence-corrected chi connectivity index (χ4v) is 4.05. The first-order chi connectivity index (χ1) is 15.9. The number of benzene rings is 2. The number of anilines is 1. The molecule has 0 aliphatic heterocycles. The lowest BCUT2D eigenvalue weighted by molar-refractivity contribution is -0.112. The number of nitrogens with one attached hydrogen (secondary N) is 1. The van der Waals surface area contributed by atoms with Crippen molar-refractivity contribution in [2.45, 2.75) is 6.92 Å². The molecule has 7 nitrogen and oxygen atoms in total. The number of carbonyl (C=O) groups is 1. The summed E-state index contributed by atoms with van der Waals surface area (Å²) in [6, 6.07) is 16.8. The van der Waals surface area contributed by atoms with E-state index in [4.69, 9.17) is 0 Å². The average molecular weight is 460 g/mol. The lowest BCUT2D eigenvalue weighted by Crippen LogP contribution is -2.23. The molecule has 0 bridgehead atoms. The number of thiazole rings is 1. The van der Waals surface area contributed by atoms with E-state index in [2.05, 4.69) is 10.3 Å². The van der Waals surface area contributed by atoms with E-state index in [-0.39, 0.29) is 17.1 Å². The van der Waals surface area contributed by atoms with Crippen molar-refractivity contribution in [3.63, 3.8) is 0 Å². The molecule has 0 fully saturated rings. The van der Waals surface area contributed by atoms with Crippen LogP contribution in [0.15, 0.2) is 70.3 Å². The molecule has 4 rings (SSSR count). The van der Waals surface area contributed by atoms with E-state index in [1.54, 1.807) is 48.3 Å². The Labute approximate surface area is 192 Å². The Balaban J connectivity index is 1.61. The summed E-state index contributed by atoms with van der Waals surface area (Å²) >= 11 is 1.31. The molecule has 0 radical (unpaired) electrons. The number of hydrogen-bond acceptors (Lipinski definition) is 5. The maximum Gasteiger partial charge on any atom is 0.295 e. The van der Waals surface area contributed by atoms with Crippen molar-refractivity contribution >= 4 is 29.0 Å². The molecule has 2 aromatic carbocycles. The Bertz CT molecular complexity index is 1460. The Kier molecular flexibility index (Phi) is 6.02. The van der Waals surface area contributed by atoms with Crippen LogP contribution in [0.4, 0.5) is 10.1 Å². The SMILES string of the molecule is Cc1c(NC(=O)/C(C#N)=C/c2csc(-c3ccc(F)cc3)n2)c(=O)n(-c2ccccc2)n1C. The zero-order chi connectivity index (χ0) is 23.5. The summed E-state index contributed by atoms with van der Waals surface area (Å²) in [6.45, 7) is 1.71. The minimum atomic E-state index is -0.708. The van der Waals surface area contributed by atoms with Crippen molar-refractivity contribution in [3.05, 3.63) is 93.1 Å². The summed E-state index contributed by atoms with van der Waals surface area (Å²) in [7, 11) is 1.71. The van der Waals surface area contributed by atoms with Gasteiger partial charge in [0.2, 0.25) is 0 Å². The summed E-state index contributed by atoms with van der Waals surface area (Å²) in [5, 5.41) is 14.4. The van der Waals surface area contributed by atoms with E-state index in [0.717, 1.165) is 5.56 Å². The van der Waals surface area contributed by atoms with Crippen LogP contribution in [0.1, 0.15) is 11.4 Å². The maximum atomic E-state index is 13.1. The molecule has 9 heteroatoms. The second-order valence-electron chi connectivity index (χ2n) is 7.14. The van der Waals surface area contributed by atoms with Crippen LogP contribution in [0, 0.1) is 24.1 Å². The lowest BCUT2D eigenvalue weighted by Gasteiger charge is -2.07. The minimum absolute atomic E-state index is 0.0952. The minimum Gasteiger partial charge on any atom is -0.315 e. The van der Waals surface area contributed by atoms with Crippen LogP contribution in [0.5, 0.6) is 0 Å². The van der Waals surface area contributed by atoms with Gasteiger partial charge in [-0.05, 0) is 49.4 Å². The first-order valence-corrected chi connectivity index (χ1v) is 10.8. The molecule has 0 unspecified atom stereocenters. The standard InChI is InChI=1S/C24H18FN5O2S/c1-15-21(24(32)30(29(15)2)20-6-4-3-5-7-20)28-22(31)17(13-26)12-19-14-33-23(27-19)16-8-10-18(25)11-9-16/h3-12,14H,1-2H3,(H,28,31)/b17-12+. The summed E-state index contributed by atoms with van der Waals surface area (Å²) in [5.74, 6) is -1.05. The molecule has 1 amide bonds. The topological polar surface area (TPSA) is 92.7 Å². The highest BCUT2D eigenvalue weighted by molar-refractivity contribution is 7.13. The van der Waals surface area contributed by atoms with Crippen LogP contribution in [0.2, 0.25) is 0 Å². The van der Waals surface area contributed by atoms with Crippen molar-refractivity contribution in [2.24, 2.45) is 7.05 Å². The quantitative estimate of drug-likeness (QED) is 0.356. The number of rotatable bonds is 5. The first-order valence-electron chi connectivity index (χ1n) is 9.87. The third kappa shape index (κ3) is 4.37. The molecule has 0 saturated heterocycles. The van der Waals surface area contributed by atoms with E-state index in [0.29, 0.717) is 22.1 Å². The van der Waals surface area contributed by atoms with Gasteiger partial charge >= 0.3 is 0 Å². The molecule has 0 saturated carbocycles. The van der Waals surface area contributed by atoms with Crippen molar-refractivity contribution in [3.8, 4) is 22.3 Å². The highest BCUT2D eigenvalue weighted by Crippen LogP contribution is 2.25. The van der Waals surface area contributed by atoms with Gasteiger partial charge in [-0.1, -0.05) is 18.2 Å². The smallest absolute Gasteiger partial charge is 0.295 e. The van der Waals surface area contributed by atoms with Gasteiger partial charge in [0, 0.05) is 18.0 Å². The van der Waals surface area contributed by atoms with Gasteiger partial charge in [-0.15, -0.1) is 11.3 Å². The molecule has 0 aliphatic rings. The van der Waals surface area contributed by atoms with Crippen LogP contribution in [-0.4, -0.2) is 20.3 Å². The van der Waals surface area contributed by atoms with Gasteiger partial charge in [-0.3, -0.25) is 14.3 Å². The predicted octanol–water partition coefficient (Wildman–Crippen LogP) is 4.29. The highest BCUT2D eigenvalue weighted by atomic mass is 32.1. The molecule has 0 aliphatic carbocycles. The maximum absolute atomic E-state index is 13.1. The Morgan fingerprint density at radius 3 is 2.55 bits per heavy atom. The number of carbonyl (C=O) groups excluding carboxylic acids is 1. The predicted molar refractivity (Wildman–Crippen MR) is 125 cm³/mol. The fourth-order valence-electron chi connectivity index (χ4n) is 3.27. The van der Waals surface area contributed by atoms with E-state index in [9.17, 15) is 19.2 Å². The Morgan fingerprint density at radius 2 is 1.88 bits per heavy atom. The summed E-state index contributed by atoms with van der Waals surface area (Å²) in [4.78, 5) is 30.2. The van der Waals surface area contributed by atoms with Crippen LogP contribution in [-0.2, 0) is 11.8 Å². The Hall–Kier alpha value is -4.29. The van der Waals surface area contributed by atoms with Gasteiger partial charge < -0.3 is 5.32 Å². The van der Waals surface area contributed by atoms with Crippen molar-refractivity contribution < 1.29 is 9.18 Å². The van der Waals surface area contributed by atoms with Crippen molar-refractivity contribution in [1.29, 1.82) is 5.26 Å². The molecule has 1 N–H and O–H groups in total. The molecule has 0 atom stereocenters. The lowest BCUT2D eigenvalue weighted by atomic mass is 10.2. The molecule has 4 aromatic rings. The van der Waals surface area contributed by atoms with Crippen molar-refractivity contribution in [1.82, 2.24) is 14.3 Å². The molecular formula is C24H18FN5O2S. The summed E-state index contributed by atoms with van der Waals surface area (Å²) < 4.78 is 16.2. The van der Waals surface area contributed by atoms with Crippen LogP contribution in [0.25, 0.3) is 22.3 Å².